The van der Waals surface area contributed by atoms with Crippen LogP contribution in [-0.2, 0) is 0 Å². The van der Waals surface area contributed by atoms with E-state index in [0.717, 1.165) is 25.6 Å². The van der Waals surface area contributed by atoms with Gasteiger partial charge in [0.15, 0.2) is 0 Å². The Balaban J connectivity index is 2.10. The average Bonchev–Trinajstić information content (AvgIpc) is 2.48. The van der Waals surface area contributed by atoms with Crippen molar-refractivity contribution in [3.63, 3.8) is 0 Å². The van der Waals surface area contributed by atoms with Crippen molar-refractivity contribution in [2.75, 3.05) is 0 Å². The summed E-state index contributed by atoms with van der Waals surface area (Å²) in [4.78, 5) is 11.8. The van der Waals surface area contributed by atoms with Crippen LogP contribution in [0.3, 0.4) is 0 Å². The molecule has 0 saturated heterocycles. The van der Waals surface area contributed by atoms with Gasteiger partial charge in [0.2, 0.25) is 0 Å². The van der Waals surface area contributed by atoms with Crippen molar-refractivity contribution < 1.29 is 4.42 Å². The minimum absolute atomic E-state index is 0.353. The summed E-state index contributed by atoms with van der Waals surface area (Å²) in [5.41, 5.74) is 2.34. The molecule has 4 heteroatoms. The van der Waals surface area contributed by atoms with Gasteiger partial charge in [0.1, 0.15) is 5.76 Å². The molecule has 0 amide bonds. The molecule has 0 N–H and O–H groups in total. The van der Waals surface area contributed by atoms with Gasteiger partial charge in [-0.15, -0.1) is 0 Å². The predicted octanol–water partition coefficient (Wildman–Crippen LogP) is 5.50. The molecule has 0 spiro atoms. The van der Waals surface area contributed by atoms with Crippen LogP contribution in [0.15, 0.2) is 78.8 Å². The summed E-state index contributed by atoms with van der Waals surface area (Å²) in [6.07, 6.45) is 0. The molecule has 104 valence electrons. The Morgan fingerprint density at radius 1 is 0.667 bits per heavy atom. The number of benzene rings is 2. The molecule has 2 nitrogen and oxygen atoms in total. The highest BCUT2D eigenvalue weighted by molar-refractivity contribution is 9.10. The zero-order valence-corrected chi connectivity index (χ0v) is 14.0. The Morgan fingerprint density at radius 3 is 1.76 bits per heavy atom. The van der Waals surface area contributed by atoms with Crippen LogP contribution >= 0.6 is 31.9 Å². The third-order valence-electron chi connectivity index (χ3n) is 3.08. The van der Waals surface area contributed by atoms with Crippen LogP contribution in [0, 0.1) is 0 Å². The Hall–Kier alpha value is -1.65. The summed E-state index contributed by atoms with van der Waals surface area (Å²) in [6.45, 7) is 0. The van der Waals surface area contributed by atoms with Crippen LogP contribution < -0.4 is 5.63 Å². The van der Waals surface area contributed by atoms with Crippen LogP contribution in [-0.4, -0.2) is 0 Å². The van der Waals surface area contributed by atoms with E-state index >= 15 is 0 Å². The van der Waals surface area contributed by atoms with Gasteiger partial charge >= 0.3 is 5.63 Å². The molecule has 0 unspecified atom stereocenters. The Labute approximate surface area is 138 Å². The fraction of sp³-hybridized carbons (Fsp3) is 0. The van der Waals surface area contributed by atoms with Crippen molar-refractivity contribution >= 4 is 31.9 Å². The van der Waals surface area contributed by atoms with Crippen LogP contribution in [0.25, 0.3) is 22.5 Å². The Bertz CT molecular complexity index is 752. The van der Waals surface area contributed by atoms with Crippen LogP contribution in [0.5, 0.6) is 0 Å². The molecule has 3 aromatic rings. The fourth-order valence-corrected chi connectivity index (χ4v) is 2.57. The molecule has 1 heterocycles. The van der Waals surface area contributed by atoms with Crippen LogP contribution in [0.1, 0.15) is 0 Å². The van der Waals surface area contributed by atoms with E-state index < -0.39 is 0 Å². The topological polar surface area (TPSA) is 30.2 Å². The standard InChI is InChI=1S/C17H10Br2O2/c18-14-5-1-11(2-6-14)13-9-16(21-17(20)10-13)12-3-7-15(19)8-4-12/h1-10H. The lowest BCUT2D eigenvalue weighted by molar-refractivity contribution is 0.526. The molecule has 0 saturated carbocycles. The Morgan fingerprint density at radius 2 is 1.19 bits per heavy atom. The summed E-state index contributed by atoms with van der Waals surface area (Å²) < 4.78 is 7.30. The fourth-order valence-electron chi connectivity index (χ4n) is 2.04. The molecule has 0 atom stereocenters. The summed E-state index contributed by atoms with van der Waals surface area (Å²) in [6, 6.07) is 18.9. The normalized spacial score (nSPS) is 10.6. The smallest absolute Gasteiger partial charge is 0.336 e. The highest BCUT2D eigenvalue weighted by Crippen LogP contribution is 2.26. The first-order valence-corrected chi connectivity index (χ1v) is 7.87. The van der Waals surface area contributed by atoms with Gasteiger partial charge in [-0.05, 0) is 41.5 Å². The molecule has 21 heavy (non-hydrogen) atoms. The summed E-state index contributed by atoms with van der Waals surface area (Å²) in [5, 5.41) is 0. The zero-order chi connectivity index (χ0) is 14.8. The largest absolute Gasteiger partial charge is 0.423 e. The van der Waals surface area contributed by atoms with Gasteiger partial charge in [-0.1, -0.05) is 56.1 Å². The summed E-state index contributed by atoms with van der Waals surface area (Å²) in [5.74, 6) is 0.563. The highest BCUT2D eigenvalue weighted by Gasteiger charge is 2.06. The van der Waals surface area contributed by atoms with Crippen molar-refractivity contribution in [1.82, 2.24) is 0 Å². The third kappa shape index (κ3) is 3.34. The molecular weight excluding hydrogens is 396 g/mol. The van der Waals surface area contributed by atoms with E-state index in [4.69, 9.17) is 4.42 Å². The molecule has 0 radical (unpaired) electrons. The van der Waals surface area contributed by atoms with Crippen molar-refractivity contribution in [3.8, 4) is 22.5 Å². The van der Waals surface area contributed by atoms with Gasteiger partial charge in [0.25, 0.3) is 0 Å². The molecule has 3 rings (SSSR count). The van der Waals surface area contributed by atoms with E-state index in [0.29, 0.717) is 5.76 Å². The molecule has 0 fully saturated rings. The second-order valence-corrected chi connectivity index (χ2v) is 6.37. The lowest BCUT2D eigenvalue weighted by Gasteiger charge is -2.05. The van der Waals surface area contributed by atoms with Gasteiger partial charge in [0, 0.05) is 20.6 Å². The van der Waals surface area contributed by atoms with E-state index in [1.807, 2.05) is 54.6 Å². The van der Waals surface area contributed by atoms with E-state index in [2.05, 4.69) is 31.9 Å². The van der Waals surface area contributed by atoms with Gasteiger partial charge < -0.3 is 4.42 Å². The average molecular weight is 406 g/mol. The van der Waals surface area contributed by atoms with Gasteiger partial charge in [-0.25, -0.2) is 4.79 Å². The number of hydrogen-bond acceptors (Lipinski definition) is 2. The summed E-state index contributed by atoms with van der Waals surface area (Å²) in [7, 11) is 0. The van der Waals surface area contributed by atoms with Gasteiger partial charge in [0.05, 0.1) is 0 Å². The van der Waals surface area contributed by atoms with Gasteiger partial charge in [-0.3, -0.25) is 0 Å². The van der Waals surface area contributed by atoms with Crippen LogP contribution in [0.2, 0.25) is 0 Å². The molecule has 1 aromatic heterocycles. The van der Waals surface area contributed by atoms with E-state index in [-0.39, 0.29) is 5.63 Å². The van der Waals surface area contributed by atoms with Crippen LogP contribution in [0.4, 0.5) is 0 Å². The van der Waals surface area contributed by atoms with Crippen molar-refractivity contribution in [2.24, 2.45) is 0 Å². The monoisotopic (exact) mass is 404 g/mol. The first kappa shape index (κ1) is 14.3. The summed E-state index contributed by atoms with van der Waals surface area (Å²) >= 11 is 6.80. The van der Waals surface area contributed by atoms with Crippen molar-refractivity contribution in [2.45, 2.75) is 0 Å². The first-order chi connectivity index (χ1) is 10.1. The lowest BCUT2D eigenvalue weighted by atomic mass is 10.0. The first-order valence-electron chi connectivity index (χ1n) is 6.29. The number of halogens is 2. The molecular formula is C17H10Br2O2. The van der Waals surface area contributed by atoms with E-state index in [1.165, 1.54) is 6.07 Å². The molecule has 0 bridgehead atoms. The van der Waals surface area contributed by atoms with Crippen molar-refractivity contribution in [1.29, 1.82) is 0 Å². The minimum Gasteiger partial charge on any atom is -0.423 e. The zero-order valence-electron chi connectivity index (χ0n) is 10.8. The maximum Gasteiger partial charge on any atom is 0.336 e. The second-order valence-electron chi connectivity index (χ2n) is 4.54. The third-order valence-corrected chi connectivity index (χ3v) is 4.13. The molecule has 0 aliphatic rings. The molecule has 0 aliphatic carbocycles. The Kier molecular flexibility index (Phi) is 4.08. The highest BCUT2D eigenvalue weighted by atomic mass is 79.9. The lowest BCUT2D eigenvalue weighted by Crippen LogP contribution is -1.98. The number of hydrogen-bond donors (Lipinski definition) is 0. The quantitative estimate of drug-likeness (QED) is 0.563. The minimum atomic E-state index is -0.353. The van der Waals surface area contributed by atoms with Crippen molar-refractivity contribution in [3.05, 3.63) is 80.0 Å². The maximum atomic E-state index is 11.8. The number of rotatable bonds is 2. The molecule has 0 aliphatic heterocycles. The molecule has 2 aromatic carbocycles. The van der Waals surface area contributed by atoms with E-state index in [1.54, 1.807) is 0 Å². The van der Waals surface area contributed by atoms with Gasteiger partial charge in [-0.2, -0.15) is 0 Å². The predicted molar refractivity (Wildman–Crippen MR) is 91.3 cm³/mol. The SMILES string of the molecule is O=c1cc(-c2ccc(Br)cc2)cc(-c2ccc(Br)cc2)o1. The second kappa shape index (κ2) is 6.00. The maximum absolute atomic E-state index is 11.8. The van der Waals surface area contributed by atoms with E-state index in [9.17, 15) is 4.79 Å².